The van der Waals surface area contributed by atoms with Gasteiger partial charge in [-0.3, -0.25) is 0 Å². The Balaban J connectivity index is 1.46. The van der Waals surface area contributed by atoms with Crippen molar-refractivity contribution in [3.8, 4) is 11.5 Å². The first-order chi connectivity index (χ1) is 13.1. The van der Waals surface area contributed by atoms with Crippen molar-refractivity contribution in [2.24, 2.45) is 0 Å². The number of halogens is 1. The van der Waals surface area contributed by atoms with Crippen molar-refractivity contribution < 1.29 is 14.3 Å². The molecule has 1 N–H and O–H groups in total. The topological polar surface area (TPSA) is 50.8 Å². The minimum Gasteiger partial charge on any atom is -0.457 e. The SMILES string of the molecule is CNC(=O)OC1CCN(CCc2cccc(Oc3ccc(Cl)cc3)c2)CC1. The van der Waals surface area contributed by atoms with Crippen LogP contribution in [0.15, 0.2) is 48.5 Å². The van der Waals surface area contributed by atoms with E-state index in [1.807, 2.05) is 36.4 Å². The highest BCUT2D eigenvalue weighted by atomic mass is 35.5. The third-order valence-corrected chi connectivity index (χ3v) is 4.93. The number of benzene rings is 2. The van der Waals surface area contributed by atoms with Gasteiger partial charge in [-0.25, -0.2) is 4.79 Å². The van der Waals surface area contributed by atoms with Crippen LogP contribution in [0.4, 0.5) is 4.79 Å². The highest BCUT2D eigenvalue weighted by molar-refractivity contribution is 6.30. The number of hydrogen-bond donors (Lipinski definition) is 1. The molecule has 1 heterocycles. The molecule has 0 radical (unpaired) electrons. The van der Waals surface area contributed by atoms with Crippen LogP contribution in [0.2, 0.25) is 5.02 Å². The highest BCUT2D eigenvalue weighted by Gasteiger charge is 2.21. The lowest BCUT2D eigenvalue weighted by atomic mass is 10.1. The lowest BCUT2D eigenvalue weighted by Gasteiger charge is -2.31. The number of nitrogens with one attached hydrogen (secondary N) is 1. The van der Waals surface area contributed by atoms with Gasteiger partial charge < -0.3 is 19.7 Å². The van der Waals surface area contributed by atoms with Gasteiger partial charge in [0.2, 0.25) is 0 Å². The number of nitrogens with zero attached hydrogens (tertiary/aromatic N) is 1. The van der Waals surface area contributed by atoms with Crippen molar-refractivity contribution in [3.05, 3.63) is 59.1 Å². The van der Waals surface area contributed by atoms with Crippen LogP contribution in [0.25, 0.3) is 0 Å². The second kappa shape index (κ2) is 9.62. The maximum Gasteiger partial charge on any atom is 0.407 e. The molecule has 0 unspecified atom stereocenters. The monoisotopic (exact) mass is 388 g/mol. The number of amides is 1. The van der Waals surface area contributed by atoms with E-state index in [0.717, 1.165) is 50.4 Å². The summed E-state index contributed by atoms with van der Waals surface area (Å²) in [7, 11) is 1.59. The van der Waals surface area contributed by atoms with Gasteiger partial charge in [-0.2, -0.15) is 0 Å². The number of piperidine rings is 1. The van der Waals surface area contributed by atoms with E-state index in [-0.39, 0.29) is 12.2 Å². The van der Waals surface area contributed by atoms with Crippen molar-refractivity contribution in [3.63, 3.8) is 0 Å². The smallest absolute Gasteiger partial charge is 0.407 e. The molecule has 1 saturated heterocycles. The summed E-state index contributed by atoms with van der Waals surface area (Å²) in [5.74, 6) is 1.60. The lowest BCUT2D eigenvalue weighted by Crippen LogP contribution is -2.39. The largest absolute Gasteiger partial charge is 0.457 e. The van der Waals surface area contributed by atoms with Crippen LogP contribution in [-0.2, 0) is 11.2 Å². The molecule has 3 rings (SSSR count). The van der Waals surface area contributed by atoms with Gasteiger partial charge in [-0.05, 0) is 61.2 Å². The molecule has 2 aromatic carbocycles. The fourth-order valence-corrected chi connectivity index (χ4v) is 3.28. The van der Waals surface area contributed by atoms with E-state index in [1.165, 1.54) is 5.56 Å². The number of carbonyl (C=O) groups excluding carboxylic acids is 1. The second-order valence-corrected chi connectivity index (χ2v) is 7.09. The fourth-order valence-electron chi connectivity index (χ4n) is 3.15. The van der Waals surface area contributed by atoms with E-state index in [0.29, 0.717) is 5.02 Å². The van der Waals surface area contributed by atoms with Gasteiger partial charge in [0.05, 0.1) is 0 Å². The summed E-state index contributed by atoms with van der Waals surface area (Å²) >= 11 is 5.91. The highest BCUT2D eigenvalue weighted by Crippen LogP contribution is 2.24. The predicted octanol–water partition coefficient (Wildman–Crippen LogP) is 4.50. The van der Waals surface area contributed by atoms with Gasteiger partial charge in [-0.1, -0.05) is 23.7 Å². The maximum atomic E-state index is 11.3. The standard InChI is InChI=1S/C21H25ClN2O3/c1-23-21(25)27-19-10-13-24(14-11-19)12-9-16-3-2-4-20(15-16)26-18-7-5-17(22)6-8-18/h2-8,15,19H,9-14H2,1H3,(H,23,25). The van der Waals surface area contributed by atoms with Crippen molar-refractivity contribution in [1.82, 2.24) is 10.2 Å². The molecule has 1 aliphatic heterocycles. The van der Waals surface area contributed by atoms with Gasteiger partial charge >= 0.3 is 6.09 Å². The van der Waals surface area contributed by atoms with Gasteiger partial charge in [-0.15, -0.1) is 0 Å². The summed E-state index contributed by atoms with van der Waals surface area (Å²) < 4.78 is 11.2. The zero-order valence-electron chi connectivity index (χ0n) is 15.5. The first-order valence-corrected chi connectivity index (χ1v) is 9.63. The molecule has 0 bridgehead atoms. The normalized spacial score (nSPS) is 15.3. The molecule has 1 fully saturated rings. The molecule has 1 amide bonds. The van der Waals surface area contributed by atoms with Gasteiger partial charge in [0, 0.05) is 31.7 Å². The molecule has 27 heavy (non-hydrogen) atoms. The fraction of sp³-hybridized carbons (Fsp3) is 0.381. The Morgan fingerprint density at radius 1 is 1.15 bits per heavy atom. The Morgan fingerprint density at radius 2 is 1.89 bits per heavy atom. The average molecular weight is 389 g/mol. The lowest BCUT2D eigenvalue weighted by molar-refractivity contribution is 0.0522. The molecule has 1 aliphatic rings. The molecule has 0 aliphatic carbocycles. The van der Waals surface area contributed by atoms with E-state index in [2.05, 4.69) is 22.3 Å². The number of hydrogen-bond acceptors (Lipinski definition) is 4. The Kier molecular flexibility index (Phi) is 6.96. The molecule has 5 nitrogen and oxygen atoms in total. The van der Waals surface area contributed by atoms with Crippen LogP contribution in [0, 0.1) is 0 Å². The second-order valence-electron chi connectivity index (χ2n) is 6.65. The Bertz CT molecular complexity index is 743. The van der Waals surface area contributed by atoms with Crippen LogP contribution in [-0.4, -0.2) is 43.8 Å². The number of ether oxygens (including phenoxy) is 2. The van der Waals surface area contributed by atoms with Crippen LogP contribution in [0.1, 0.15) is 18.4 Å². The number of carbonyl (C=O) groups is 1. The first kappa shape index (κ1) is 19.5. The zero-order valence-corrected chi connectivity index (χ0v) is 16.2. The Morgan fingerprint density at radius 3 is 2.59 bits per heavy atom. The molecular formula is C21H25ClN2O3. The third kappa shape index (κ3) is 6.15. The quantitative estimate of drug-likeness (QED) is 0.791. The van der Waals surface area contributed by atoms with Crippen molar-refractivity contribution in [1.29, 1.82) is 0 Å². The average Bonchev–Trinajstić information content (AvgIpc) is 2.69. The third-order valence-electron chi connectivity index (χ3n) is 4.68. The zero-order chi connectivity index (χ0) is 19.1. The van der Waals surface area contributed by atoms with Crippen LogP contribution >= 0.6 is 11.6 Å². The van der Waals surface area contributed by atoms with Gasteiger partial charge in [0.15, 0.2) is 0 Å². The summed E-state index contributed by atoms with van der Waals surface area (Å²) in [6.07, 6.45) is 2.40. The Labute approximate surface area is 165 Å². The predicted molar refractivity (Wildman–Crippen MR) is 107 cm³/mol. The molecule has 2 aromatic rings. The van der Waals surface area contributed by atoms with Crippen LogP contribution in [0.3, 0.4) is 0 Å². The molecule has 0 aromatic heterocycles. The minimum absolute atomic E-state index is 0.0253. The van der Waals surface area contributed by atoms with Crippen molar-refractivity contribution in [2.75, 3.05) is 26.7 Å². The molecule has 144 valence electrons. The van der Waals surface area contributed by atoms with Gasteiger partial charge in [0.25, 0.3) is 0 Å². The molecule has 0 atom stereocenters. The summed E-state index contributed by atoms with van der Waals surface area (Å²) in [6.45, 7) is 2.88. The molecule has 0 spiro atoms. The molecule has 6 heteroatoms. The molecule has 0 saturated carbocycles. The number of alkyl carbamates (subject to hydrolysis) is 1. The van der Waals surface area contributed by atoms with Crippen molar-refractivity contribution >= 4 is 17.7 Å². The van der Waals surface area contributed by atoms with E-state index >= 15 is 0 Å². The summed E-state index contributed by atoms with van der Waals surface area (Å²) in [6, 6.07) is 15.5. The summed E-state index contributed by atoms with van der Waals surface area (Å²) in [5.41, 5.74) is 1.24. The van der Waals surface area contributed by atoms with E-state index in [4.69, 9.17) is 21.1 Å². The maximum absolute atomic E-state index is 11.3. The van der Waals surface area contributed by atoms with E-state index < -0.39 is 0 Å². The van der Waals surface area contributed by atoms with Gasteiger partial charge in [0.1, 0.15) is 17.6 Å². The van der Waals surface area contributed by atoms with Crippen LogP contribution in [0.5, 0.6) is 11.5 Å². The van der Waals surface area contributed by atoms with Crippen molar-refractivity contribution in [2.45, 2.75) is 25.4 Å². The number of likely N-dealkylation sites (tertiary alicyclic amines) is 1. The summed E-state index contributed by atoms with van der Waals surface area (Å²) in [5, 5.41) is 3.20. The minimum atomic E-state index is -0.342. The van der Waals surface area contributed by atoms with E-state index in [1.54, 1.807) is 7.05 Å². The summed E-state index contributed by atoms with van der Waals surface area (Å²) in [4.78, 5) is 13.7. The molecular weight excluding hydrogens is 364 g/mol. The van der Waals surface area contributed by atoms with Crippen LogP contribution < -0.4 is 10.1 Å². The number of rotatable bonds is 6. The van der Waals surface area contributed by atoms with E-state index in [9.17, 15) is 4.79 Å². The Hall–Kier alpha value is -2.24. The first-order valence-electron chi connectivity index (χ1n) is 9.25.